The van der Waals surface area contributed by atoms with E-state index in [9.17, 15) is 9.59 Å². The third kappa shape index (κ3) is 2.81. The molecule has 0 radical (unpaired) electrons. The summed E-state index contributed by atoms with van der Waals surface area (Å²) in [7, 11) is -0.397. The summed E-state index contributed by atoms with van der Waals surface area (Å²) < 4.78 is 0. The Labute approximate surface area is 123 Å². The van der Waals surface area contributed by atoms with Crippen LogP contribution in [0.3, 0.4) is 0 Å². The van der Waals surface area contributed by atoms with E-state index in [1.807, 2.05) is 11.0 Å². The molecule has 0 unspecified atom stereocenters. The van der Waals surface area contributed by atoms with Crippen LogP contribution < -0.4 is 11.0 Å². The zero-order chi connectivity index (χ0) is 15.0. The molecule has 6 nitrogen and oxygen atoms in total. The Balaban J connectivity index is 1.89. The van der Waals surface area contributed by atoms with Crippen LogP contribution in [0.4, 0.5) is 0 Å². The van der Waals surface area contributed by atoms with Crippen molar-refractivity contribution in [3.05, 3.63) is 28.4 Å². The van der Waals surface area contributed by atoms with E-state index in [2.05, 4.69) is 15.0 Å². The lowest BCUT2D eigenvalue weighted by molar-refractivity contribution is -0.128. The number of hydrogen-bond acceptors (Lipinski definition) is 4. The summed E-state index contributed by atoms with van der Waals surface area (Å²) in [5, 5.41) is 0.599. The van der Waals surface area contributed by atoms with Gasteiger partial charge in [0.25, 0.3) is 5.56 Å². The number of pyridine rings is 1. The zero-order valence-corrected chi connectivity index (χ0v) is 13.0. The number of nitrogens with one attached hydrogen (secondary N) is 1. The molecule has 0 atom stereocenters. The summed E-state index contributed by atoms with van der Waals surface area (Å²) in [6.07, 6.45) is 3.59. The van der Waals surface area contributed by atoms with Gasteiger partial charge in [0.15, 0.2) is 0 Å². The maximum atomic E-state index is 12.0. The smallest absolute Gasteiger partial charge is 0.258 e. The molecule has 0 spiro atoms. The summed E-state index contributed by atoms with van der Waals surface area (Å²) >= 11 is 0. The zero-order valence-electron chi connectivity index (χ0n) is 12.1. The number of carbonyl (C=O) groups excluding carboxylic acids is 1. The lowest BCUT2D eigenvalue weighted by atomic mass is 10.3. The highest BCUT2D eigenvalue weighted by molar-refractivity contribution is 7.65. The monoisotopic (exact) mass is 304 g/mol. The number of H-pyrrole nitrogens is 1. The predicted octanol–water partition coefficient (Wildman–Crippen LogP) is 0.596. The molecule has 1 fully saturated rings. The van der Waals surface area contributed by atoms with Crippen LogP contribution in [0.25, 0.3) is 10.9 Å². The van der Waals surface area contributed by atoms with E-state index in [0.717, 1.165) is 30.8 Å². The lowest BCUT2D eigenvalue weighted by Gasteiger charge is -2.31. The van der Waals surface area contributed by atoms with Crippen LogP contribution >= 0.6 is 7.92 Å². The van der Waals surface area contributed by atoms with Crippen LogP contribution in [0.15, 0.2) is 17.1 Å². The van der Waals surface area contributed by atoms with Gasteiger partial charge in [-0.25, -0.2) is 4.98 Å². The highest BCUT2D eigenvalue weighted by atomic mass is 31.1. The third-order valence-corrected chi connectivity index (χ3v) is 6.12. The van der Waals surface area contributed by atoms with Gasteiger partial charge in [0.05, 0.1) is 22.5 Å². The Morgan fingerprint density at radius 2 is 2.10 bits per heavy atom. The van der Waals surface area contributed by atoms with Crippen molar-refractivity contribution in [1.82, 2.24) is 19.9 Å². The highest BCUT2D eigenvalue weighted by Crippen LogP contribution is 2.36. The number of hydrogen-bond donors (Lipinski definition) is 1. The summed E-state index contributed by atoms with van der Waals surface area (Å²) in [5.41, 5.74) is 1.51. The molecule has 1 aliphatic heterocycles. The number of aromatic nitrogens is 3. The van der Waals surface area contributed by atoms with E-state index in [1.54, 1.807) is 20.0 Å². The SMILES string of the molecule is CC(=O)N1CCP(c2cc3c(=O)[nH]c(C)nc3cn2)CC1. The van der Waals surface area contributed by atoms with Gasteiger partial charge in [-0.3, -0.25) is 14.6 Å². The first-order chi connectivity index (χ1) is 10.0. The van der Waals surface area contributed by atoms with Gasteiger partial charge in [0.2, 0.25) is 5.91 Å². The first-order valence-corrected chi connectivity index (χ1v) is 8.63. The van der Waals surface area contributed by atoms with Gasteiger partial charge in [-0.15, -0.1) is 0 Å². The van der Waals surface area contributed by atoms with E-state index < -0.39 is 7.92 Å². The quantitative estimate of drug-likeness (QED) is 0.782. The normalized spacial score (nSPS) is 16.4. The Kier molecular flexibility index (Phi) is 3.72. The molecule has 110 valence electrons. The fourth-order valence-corrected chi connectivity index (χ4v) is 4.75. The molecule has 2 aromatic rings. The van der Waals surface area contributed by atoms with Gasteiger partial charge in [-0.1, -0.05) is 7.92 Å². The Bertz CT molecular complexity index is 750. The Morgan fingerprint density at radius 3 is 2.76 bits per heavy atom. The average molecular weight is 304 g/mol. The minimum absolute atomic E-state index is 0.112. The molecule has 0 saturated carbocycles. The molecule has 2 aromatic heterocycles. The van der Waals surface area contributed by atoms with Crippen molar-refractivity contribution in [2.75, 3.05) is 25.4 Å². The number of aryl methyl sites for hydroxylation is 1. The van der Waals surface area contributed by atoms with Crippen molar-refractivity contribution in [2.24, 2.45) is 0 Å². The summed E-state index contributed by atoms with van der Waals surface area (Å²) in [6.45, 7) is 4.93. The molecular formula is C14H17N4O2P. The molecule has 1 amide bonds. The molecule has 7 heteroatoms. The highest BCUT2D eigenvalue weighted by Gasteiger charge is 2.22. The molecule has 0 aromatic carbocycles. The van der Waals surface area contributed by atoms with Gasteiger partial charge in [-0.05, 0) is 25.3 Å². The number of fused-ring (bicyclic) bond motifs is 1. The minimum Gasteiger partial charge on any atom is -0.342 e. The number of rotatable bonds is 1. The summed E-state index contributed by atoms with van der Waals surface area (Å²) in [5.74, 6) is 0.731. The number of aromatic amines is 1. The molecule has 1 aliphatic rings. The molecular weight excluding hydrogens is 287 g/mol. The second-order valence-corrected chi connectivity index (χ2v) is 7.64. The predicted molar refractivity (Wildman–Crippen MR) is 83.4 cm³/mol. The summed E-state index contributed by atoms with van der Waals surface area (Å²) in [6, 6.07) is 1.87. The second kappa shape index (κ2) is 5.53. The lowest BCUT2D eigenvalue weighted by Crippen LogP contribution is -2.38. The van der Waals surface area contributed by atoms with Gasteiger partial charge < -0.3 is 9.88 Å². The van der Waals surface area contributed by atoms with Crippen molar-refractivity contribution < 1.29 is 4.79 Å². The van der Waals surface area contributed by atoms with Gasteiger partial charge in [0.1, 0.15) is 5.82 Å². The molecule has 0 bridgehead atoms. The molecule has 3 heterocycles. The topological polar surface area (TPSA) is 79.0 Å². The first-order valence-electron chi connectivity index (χ1n) is 6.92. The van der Waals surface area contributed by atoms with Gasteiger partial charge in [-0.2, -0.15) is 0 Å². The van der Waals surface area contributed by atoms with Crippen molar-refractivity contribution in [2.45, 2.75) is 13.8 Å². The van der Waals surface area contributed by atoms with Crippen LogP contribution in [0.2, 0.25) is 0 Å². The van der Waals surface area contributed by atoms with E-state index in [-0.39, 0.29) is 11.5 Å². The Morgan fingerprint density at radius 1 is 1.38 bits per heavy atom. The number of amides is 1. The third-order valence-electron chi connectivity index (χ3n) is 3.74. The first kappa shape index (κ1) is 14.1. The maximum Gasteiger partial charge on any atom is 0.258 e. The Hall–Kier alpha value is -1.81. The van der Waals surface area contributed by atoms with Crippen LogP contribution in [-0.2, 0) is 4.79 Å². The molecule has 1 N–H and O–H groups in total. The molecule has 0 aliphatic carbocycles. The van der Waals surface area contributed by atoms with Crippen LogP contribution in [-0.4, -0.2) is 51.2 Å². The minimum atomic E-state index is -0.397. The van der Waals surface area contributed by atoms with Crippen molar-refractivity contribution in [3.8, 4) is 0 Å². The van der Waals surface area contributed by atoms with Crippen molar-refractivity contribution in [3.63, 3.8) is 0 Å². The maximum absolute atomic E-state index is 12.0. The van der Waals surface area contributed by atoms with Crippen molar-refractivity contribution in [1.29, 1.82) is 0 Å². The molecule has 3 rings (SSSR count). The average Bonchev–Trinajstić information content (AvgIpc) is 2.47. The second-order valence-electron chi connectivity index (χ2n) is 5.20. The van der Waals surface area contributed by atoms with Gasteiger partial charge >= 0.3 is 0 Å². The van der Waals surface area contributed by atoms with Crippen molar-refractivity contribution >= 4 is 30.2 Å². The summed E-state index contributed by atoms with van der Waals surface area (Å²) in [4.78, 5) is 36.7. The van der Waals surface area contributed by atoms with E-state index >= 15 is 0 Å². The fraction of sp³-hybridized carbons (Fsp3) is 0.429. The van der Waals surface area contributed by atoms with Gasteiger partial charge in [0, 0.05) is 20.0 Å². The van der Waals surface area contributed by atoms with E-state index in [4.69, 9.17) is 0 Å². The standard InChI is InChI=1S/C14H17N4O2P/c1-9-16-12-8-15-13(7-11(12)14(20)17-9)21-5-3-18(4-6-21)10(2)19/h7-8H,3-6H2,1-2H3,(H,16,17,20). The van der Waals surface area contributed by atoms with E-state index in [1.165, 1.54) is 0 Å². The molecule has 21 heavy (non-hydrogen) atoms. The fourth-order valence-electron chi connectivity index (χ4n) is 2.57. The largest absolute Gasteiger partial charge is 0.342 e. The molecule has 1 saturated heterocycles. The van der Waals surface area contributed by atoms with Crippen LogP contribution in [0, 0.1) is 6.92 Å². The van der Waals surface area contributed by atoms with Crippen LogP contribution in [0.5, 0.6) is 0 Å². The number of nitrogens with zero attached hydrogens (tertiary/aromatic N) is 3. The number of carbonyl (C=O) groups is 1. The van der Waals surface area contributed by atoms with Crippen LogP contribution in [0.1, 0.15) is 12.7 Å². The van der Waals surface area contributed by atoms with E-state index in [0.29, 0.717) is 16.7 Å².